The summed E-state index contributed by atoms with van der Waals surface area (Å²) >= 11 is 0. The molecule has 0 spiro atoms. The molecule has 1 saturated carbocycles. The molecule has 13 heavy (non-hydrogen) atoms. The molecule has 4 heteroatoms. The van der Waals surface area contributed by atoms with Gasteiger partial charge in [-0.05, 0) is 26.2 Å². The van der Waals surface area contributed by atoms with Crippen LogP contribution in [0.25, 0.3) is 0 Å². The standard InChI is InChI=1S/C9H16O4/c1-9(8(12)13-2)5-3-4-6(10)7(9)11/h6-7,10-11H,3-5H2,1-2H3/t6-,7-,9-/m1/s1. The lowest BCUT2D eigenvalue weighted by Crippen LogP contribution is -2.50. The van der Waals surface area contributed by atoms with Gasteiger partial charge in [0.25, 0.3) is 0 Å². The minimum atomic E-state index is -1.01. The third-order valence-electron chi connectivity index (χ3n) is 2.86. The maximum absolute atomic E-state index is 11.4. The fourth-order valence-corrected chi connectivity index (χ4v) is 1.86. The van der Waals surface area contributed by atoms with Gasteiger partial charge in [0.15, 0.2) is 0 Å². The minimum absolute atomic E-state index is 0.446. The summed E-state index contributed by atoms with van der Waals surface area (Å²) in [5.74, 6) is -0.446. The molecule has 1 fully saturated rings. The van der Waals surface area contributed by atoms with Crippen molar-refractivity contribution in [2.45, 2.75) is 38.4 Å². The third-order valence-corrected chi connectivity index (χ3v) is 2.86. The van der Waals surface area contributed by atoms with Crippen LogP contribution in [0.15, 0.2) is 0 Å². The van der Waals surface area contributed by atoms with Crippen LogP contribution in [0.1, 0.15) is 26.2 Å². The second-order valence-electron chi connectivity index (χ2n) is 3.81. The Morgan fingerprint density at radius 1 is 1.54 bits per heavy atom. The number of carbonyl (C=O) groups is 1. The van der Waals surface area contributed by atoms with E-state index in [4.69, 9.17) is 0 Å². The summed E-state index contributed by atoms with van der Waals surface area (Å²) in [6.45, 7) is 1.63. The highest BCUT2D eigenvalue weighted by molar-refractivity contribution is 5.77. The average Bonchev–Trinajstić information content (AvgIpc) is 2.13. The van der Waals surface area contributed by atoms with Crippen LogP contribution in [-0.4, -0.2) is 35.5 Å². The van der Waals surface area contributed by atoms with Gasteiger partial charge in [0.05, 0.1) is 24.7 Å². The molecule has 1 rings (SSSR count). The highest BCUT2D eigenvalue weighted by atomic mass is 16.5. The van der Waals surface area contributed by atoms with Crippen LogP contribution in [0, 0.1) is 5.41 Å². The molecule has 0 bridgehead atoms. The lowest BCUT2D eigenvalue weighted by molar-refractivity contribution is -0.170. The van der Waals surface area contributed by atoms with E-state index >= 15 is 0 Å². The first-order chi connectivity index (χ1) is 6.02. The molecule has 0 aliphatic heterocycles. The van der Waals surface area contributed by atoms with Crippen molar-refractivity contribution >= 4 is 5.97 Å². The molecule has 76 valence electrons. The van der Waals surface area contributed by atoms with E-state index in [0.717, 1.165) is 6.42 Å². The monoisotopic (exact) mass is 188 g/mol. The Labute approximate surface area is 77.5 Å². The van der Waals surface area contributed by atoms with Crippen molar-refractivity contribution in [3.8, 4) is 0 Å². The molecule has 3 atom stereocenters. The first-order valence-corrected chi connectivity index (χ1v) is 4.47. The number of hydrogen-bond donors (Lipinski definition) is 2. The van der Waals surface area contributed by atoms with Gasteiger partial charge in [0.2, 0.25) is 0 Å². The van der Waals surface area contributed by atoms with Crippen molar-refractivity contribution in [1.29, 1.82) is 0 Å². The van der Waals surface area contributed by atoms with E-state index in [1.54, 1.807) is 6.92 Å². The SMILES string of the molecule is COC(=O)[C@]1(C)CCC[C@@H](O)[C@H]1O. The molecule has 2 N–H and O–H groups in total. The summed E-state index contributed by atoms with van der Waals surface area (Å²) < 4.78 is 4.60. The van der Waals surface area contributed by atoms with Gasteiger partial charge in [-0.25, -0.2) is 0 Å². The number of aliphatic hydroxyl groups excluding tert-OH is 2. The quantitative estimate of drug-likeness (QED) is 0.571. The van der Waals surface area contributed by atoms with E-state index in [0.29, 0.717) is 12.8 Å². The second-order valence-corrected chi connectivity index (χ2v) is 3.81. The van der Waals surface area contributed by atoms with Crippen LogP contribution >= 0.6 is 0 Å². The van der Waals surface area contributed by atoms with Crippen LogP contribution in [0.3, 0.4) is 0 Å². The molecular weight excluding hydrogens is 172 g/mol. The zero-order valence-electron chi connectivity index (χ0n) is 7.99. The Hall–Kier alpha value is -0.610. The van der Waals surface area contributed by atoms with Crippen molar-refractivity contribution in [3.63, 3.8) is 0 Å². The van der Waals surface area contributed by atoms with Crippen molar-refractivity contribution in [1.82, 2.24) is 0 Å². The molecule has 0 unspecified atom stereocenters. The summed E-state index contributed by atoms with van der Waals surface area (Å²) in [4.78, 5) is 11.4. The zero-order valence-corrected chi connectivity index (χ0v) is 7.99. The lowest BCUT2D eigenvalue weighted by atomic mass is 9.72. The maximum Gasteiger partial charge on any atom is 0.314 e. The number of esters is 1. The average molecular weight is 188 g/mol. The Bertz CT molecular complexity index is 204. The second kappa shape index (κ2) is 3.64. The minimum Gasteiger partial charge on any atom is -0.469 e. The zero-order chi connectivity index (χ0) is 10.1. The molecule has 0 radical (unpaired) electrons. The van der Waals surface area contributed by atoms with E-state index < -0.39 is 23.6 Å². The fraction of sp³-hybridized carbons (Fsp3) is 0.889. The number of carbonyl (C=O) groups excluding carboxylic acids is 1. The van der Waals surface area contributed by atoms with Crippen molar-refractivity contribution < 1.29 is 19.7 Å². The largest absolute Gasteiger partial charge is 0.469 e. The highest BCUT2D eigenvalue weighted by Gasteiger charge is 2.47. The molecule has 4 nitrogen and oxygen atoms in total. The van der Waals surface area contributed by atoms with E-state index in [9.17, 15) is 15.0 Å². The van der Waals surface area contributed by atoms with Crippen molar-refractivity contribution in [2.24, 2.45) is 5.41 Å². The van der Waals surface area contributed by atoms with Gasteiger partial charge in [-0.1, -0.05) is 0 Å². The topological polar surface area (TPSA) is 66.8 Å². The first-order valence-electron chi connectivity index (χ1n) is 4.47. The van der Waals surface area contributed by atoms with Gasteiger partial charge in [0.1, 0.15) is 0 Å². The van der Waals surface area contributed by atoms with Gasteiger partial charge in [0, 0.05) is 0 Å². The molecular formula is C9H16O4. The normalized spacial score (nSPS) is 40.0. The van der Waals surface area contributed by atoms with Gasteiger partial charge in [-0.15, -0.1) is 0 Å². The van der Waals surface area contributed by atoms with Gasteiger partial charge >= 0.3 is 5.97 Å². The smallest absolute Gasteiger partial charge is 0.314 e. The van der Waals surface area contributed by atoms with Crippen LogP contribution < -0.4 is 0 Å². The van der Waals surface area contributed by atoms with E-state index in [2.05, 4.69) is 4.74 Å². The molecule has 0 aromatic heterocycles. The van der Waals surface area contributed by atoms with Gasteiger partial charge < -0.3 is 14.9 Å². The number of hydrogen-bond acceptors (Lipinski definition) is 4. The van der Waals surface area contributed by atoms with E-state index in [-0.39, 0.29) is 0 Å². The predicted octanol–water partition coefficient (Wildman–Crippen LogP) is 0.0714. The first kappa shape index (κ1) is 10.5. The molecule has 1 aliphatic carbocycles. The fourth-order valence-electron chi connectivity index (χ4n) is 1.86. The van der Waals surface area contributed by atoms with Crippen LogP contribution in [0.2, 0.25) is 0 Å². The Morgan fingerprint density at radius 2 is 2.15 bits per heavy atom. The van der Waals surface area contributed by atoms with Gasteiger partial charge in [-0.2, -0.15) is 0 Å². The van der Waals surface area contributed by atoms with Crippen molar-refractivity contribution in [3.05, 3.63) is 0 Å². The molecule has 0 saturated heterocycles. The van der Waals surface area contributed by atoms with Crippen LogP contribution in [-0.2, 0) is 9.53 Å². The summed E-state index contributed by atoms with van der Waals surface area (Å²) in [5.41, 5.74) is -0.938. The number of ether oxygens (including phenoxy) is 1. The molecule has 0 aromatic carbocycles. The molecule has 0 amide bonds. The number of rotatable bonds is 1. The van der Waals surface area contributed by atoms with Crippen LogP contribution in [0.5, 0.6) is 0 Å². The highest BCUT2D eigenvalue weighted by Crippen LogP contribution is 2.37. The summed E-state index contributed by atoms with van der Waals surface area (Å²) in [7, 11) is 1.29. The Kier molecular flexibility index (Phi) is 2.93. The van der Waals surface area contributed by atoms with Crippen LogP contribution in [0.4, 0.5) is 0 Å². The molecule has 1 aliphatic rings. The van der Waals surface area contributed by atoms with E-state index in [1.807, 2.05) is 0 Å². The number of aliphatic hydroxyl groups is 2. The summed E-state index contributed by atoms with van der Waals surface area (Å²) in [5, 5.41) is 19.0. The number of methoxy groups -OCH3 is 1. The maximum atomic E-state index is 11.4. The Morgan fingerprint density at radius 3 is 2.69 bits per heavy atom. The molecule has 0 aromatic rings. The van der Waals surface area contributed by atoms with Crippen molar-refractivity contribution in [2.75, 3.05) is 7.11 Å². The van der Waals surface area contributed by atoms with E-state index in [1.165, 1.54) is 7.11 Å². The summed E-state index contributed by atoms with van der Waals surface area (Å²) in [6, 6.07) is 0. The van der Waals surface area contributed by atoms with Gasteiger partial charge in [-0.3, -0.25) is 4.79 Å². The summed E-state index contributed by atoms with van der Waals surface area (Å²) in [6.07, 6.45) is 0.0432. The predicted molar refractivity (Wildman–Crippen MR) is 46.0 cm³/mol. The third kappa shape index (κ3) is 1.69. The Balaban J connectivity index is 2.80. The lowest BCUT2D eigenvalue weighted by Gasteiger charge is -2.38. The molecule has 0 heterocycles.